The molecule has 0 unspecified atom stereocenters. The molecule has 6 heteroatoms. The third-order valence-electron chi connectivity index (χ3n) is 3.12. The maximum atomic E-state index is 12.0. The van der Waals surface area contributed by atoms with Crippen LogP contribution < -0.4 is 11.1 Å². The fourth-order valence-corrected chi connectivity index (χ4v) is 3.32. The number of hydrogen-bond donors (Lipinski definition) is 2. The lowest BCUT2D eigenvalue weighted by Crippen LogP contribution is -2.13. The van der Waals surface area contributed by atoms with E-state index in [9.17, 15) is 8.42 Å². The van der Waals surface area contributed by atoms with Gasteiger partial charge in [-0.05, 0) is 23.8 Å². The predicted octanol–water partition coefficient (Wildman–Crippen LogP) is 1.71. The molecule has 5 nitrogen and oxygen atoms in total. The summed E-state index contributed by atoms with van der Waals surface area (Å²) in [6.45, 7) is 0.366. The topological polar surface area (TPSA) is 84.5 Å². The van der Waals surface area contributed by atoms with Gasteiger partial charge in [0.05, 0.1) is 0 Å². The SMILES string of the molecule is NCc1ccccc1NC1=NS(=O)(=O)c2ccccc21. The van der Waals surface area contributed by atoms with Crippen molar-refractivity contribution in [2.45, 2.75) is 11.4 Å². The number of nitrogens with two attached hydrogens (primary N) is 1. The molecule has 3 rings (SSSR count). The quantitative estimate of drug-likeness (QED) is 0.880. The number of fused-ring (bicyclic) bond motifs is 1. The van der Waals surface area contributed by atoms with Crippen LogP contribution >= 0.6 is 0 Å². The molecule has 0 fully saturated rings. The van der Waals surface area contributed by atoms with Crippen molar-refractivity contribution in [3.63, 3.8) is 0 Å². The Bertz CT molecular complexity index is 798. The third-order valence-corrected chi connectivity index (χ3v) is 4.46. The van der Waals surface area contributed by atoms with Crippen LogP contribution in [0.2, 0.25) is 0 Å². The van der Waals surface area contributed by atoms with Gasteiger partial charge in [0, 0.05) is 17.8 Å². The maximum Gasteiger partial charge on any atom is 0.285 e. The highest BCUT2D eigenvalue weighted by atomic mass is 32.2. The van der Waals surface area contributed by atoms with E-state index >= 15 is 0 Å². The van der Waals surface area contributed by atoms with Crippen molar-refractivity contribution in [2.75, 3.05) is 5.32 Å². The van der Waals surface area contributed by atoms with Crippen LogP contribution in [0.1, 0.15) is 11.1 Å². The zero-order chi connectivity index (χ0) is 14.2. The molecule has 0 spiro atoms. The highest BCUT2D eigenvalue weighted by Gasteiger charge is 2.28. The van der Waals surface area contributed by atoms with Gasteiger partial charge >= 0.3 is 0 Å². The Morgan fingerprint density at radius 1 is 1.05 bits per heavy atom. The Labute approximate surface area is 117 Å². The number of amidine groups is 1. The van der Waals surface area contributed by atoms with Crippen LogP contribution in [0, 0.1) is 0 Å². The predicted molar refractivity (Wildman–Crippen MR) is 78.1 cm³/mol. The molecule has 2 aromatic rings. The van der Waals surface area contributed by atoms with Gasteiger partial charge in [0.2, 0.25) is 0 Å². The Kier molecular flexibility index (Phi) is 3.04. The molecule has 0 atom stereocenters. The molecular weight excluding hydrogens is 274 g/mol. The molecule has 1 aliphatic rings. The number of anilines is 1. The second kappa shape index (κ2) is 4.73. The van der Waals surface area contributed by atoms with Gasteiger partial charge in [0.1, 0.15) is 4.90 Å². The van der Waals surface area contributed by atoms with Gasteiger partial charge in [0.25, 0.3) is 10.0 Å². The zero-order valence-corrected chi connectivity index (χ0v) is 11.4. The number of nitrogens with zero attached hydrogens (tertiary/aromatic N) is 1. The van der Waals surface area contributed by atoms with E-state index in [-0.39, 0.29) is 4.90 Å². The summed E-state index contributed by atoms with van der Waals surface area (Å²) in [4.78, 5) is 0.229. The average Bonchev–Trinajstić information content (AvgIpc) is 2.71. The summed E-state index contributed by atoms with van der Waals surface area (Å²) in [7, 11) is -3.60. The first kappa shape index (κ1) is 12.8. The normalized spacial score (nSPS) is 15.6. The molecule has 1 heterocycles. The number of sulfonamides is 1. The zero-order valence-electron chi connectivity index (χ0n) is 10.6. The monoisotopic (exact) mass is 287 g/mol. The minimum atomic E-state index is -3.60. The molecule has 0 bridgehead atoms. The van der Waals surface area contributed by atoms with E-state index < -0.39 is 10.0 Å². The summed E-state index contributed by atoms with van der Waals surface area (Å²) in [5.41, 5.74) is 7.92. The second-order valence-corrected chi connectivity index (χ2v) is 5.97. The van der Waals surface area contributed by atoms with Crippen LogP contribution in [0.3, 0.4) is 0 Å². The molecule has 1 aliphatic heterocycles. The first-order valence-electron chi connectivity index (χ1n) is 6.11. The van der Waals surface area contributed by atoms with Crippen molar-refractivity contribution in [3.05, 3.63) is 59.7 Å². The molecular formula is C14H13N3O2S. The smallest absolute Gasteiger partial charge is 0.285 e. The van der Waals surface area contributed by atoms with E-state index in [1.165, 1.54) is 0 Å². The standard InChI is InChI=1S/C14H13N3O2S/c15-9-10-5-1-3-7-12(10)16-14-11-6-2-4-8-13(11)20(18,19)17-14/h1-8H,9,15H2,(H,16,17). The number of hydrogen-bond acceptors (Lipinski definition) is 4. The second-order valence-electron chi connectivity index (χ2n) is 4.40. The van der Waals surface area contributed by atoms with E-state index in [1.807, 2.05) is 24.3 Å². The number of benzene rings is 2. The fraction of sp³-hybridized carbons (Fsp3) is 0.0714. The molecule has 2 aromatic carbocycles. The molecule has 0 aromatic heterocycles. The van der Waals surface area contributed by atoms with Gasteiger partial charge in [-0.15, -0.1) is 4.40 Å². The summed E-state index contributed by atoms with van der Waals surface area (Å²) >= 11 is 0. The molecule has 0 aliphatic carbocycles. The number of rotatable bonds is 2. The van der Waals surface area contributed by atoms with Crippen LogP contribution in [-0.4, -0.2) is 14.3 Å². The van der Waals surface area contributed by atoms with E-state index in [2.05, 4.69) is 9.71 Å². The van der Waals surface area contributed by atoms with Crippen molar-refractivity contribution in [2.24, 2.45) is 10.1 Å². The van der Waals surface area contributed by atoms with Gasteiger partial charge in [-0.3, -0.25) is 0 Å². The highest BCUT2D eigenvalue weighted by Crippen LogP contribution is 2.27. The number of para-hydroxylation sites is 1. The van der Waals surface area contributed by atoms with Crippen LogP contribution in [-0.2, 0) is 16.6 Å². The maximum absolute atomic E-state index is 12.0. The Morgan fingerprint density at radius 3 is 2.55 bits per heavy atom. The van der Waals surface area contributed by atoms with Crippen molar-refractivity contribution in [1.29, 1.82) is 0 Å². The Morgan fingerprint density at radius 2 is 1.75 bits per heavy atom. The highest BCUT2D eigenvalue weighted by molar-refractivity contribution is 7.90. The molecule has 102 valence electrons. The Hall–Kier alpha value is -2.18. The molecule has 0 amide bonds. The van der Waals surface area contributed by atoms with Crippen molar-refractivity contribution in [3.8, 4) is 0 Å². The lowest BCUT2D eigenvalue weighted by Gasteiger charge is -2.10. The molecule has 0 saturated carbocycles. The molecule has 20 heavy (non-hydrogen) atoms. The third kappa shape index (κ3) is 2.09. The summed E-state index contributed by atoms with van der Waals surface area (Å²) in [5.74, 6) is 0.335. The fourth-order valence-electron chi connectivity index (χ4n) is 2.14. The minimum Gasteiger partial charge on any atom is -0.339 e. The van der Waals surface area contributed by atoms with Gasteiger partial charge < -0.3 is 11.1 Å². The van der Waals surface area contributed by atoms with Crippen LogP contribution in [0.15, 0.2) is 57.8 Å². The lowest BCUT2D eigenvalue weighted by atomic mass is 10.1. The average molecular weight is 287 g/mol. The number of nitrogens with one attached hydrogen (secondary N) is 1. The van der Waals surface area contributed by atoms with E-state index in [0.717, 1.165) is 11.3 Å². The molecule has 3 N–H and O–H groups in total. The van der Waals surface area contributed by atoms with Gasteiger partial charge in [0.15, 0.2) is 5.84 Å². The summed E-state index contributed by atoms with van der Waals surface area (Å²) in [6.07, 6.45) is 0. The summed E-state index contributed by atoms with van der Waals surface area (Å²) in [5, 5.41) is 3.06. The van der Waals surface area contributed by atoms with Gasteiger partial charge in [-0.25, -0.2) is 0 Å². The summed E-state index contributed by atoms with van der Waals surface area (Å²) in [6, 6.07) is 14.2. The van der Waals surface area contributed by atoms with Crippen LogP contribution in [0.5, 0.6) is 0 Å². The largest absolute Gasteiger partial charge is 0.339 e. The summed E-state index contributed by atoms with van der Waals surface area (Å²) < 4.78 is 27.7. The first-order chi connectivity index (χ1) is 9.62. The van der Waals surface area contributed by atoms with Crippen LogP contribution in [0.25, 0.3) is 0 Å². The van der Waals surface area contributed by atoms with Gasteiger partial charge in [-0.1, -0.05) is 30.3 Å². The van der Waals surface area contributed by atoms with Crippen LogP contribution in [0.4, 0.5) is 5.69 Å². The van der Waals surface area contributed by atoms with E-state index in [1.54, 1.807) is 24.3 Å². The minimum absolute atomic E-state index is 0.229. The van der Waals surface area contributed by atoms with Crippen molar-refractivity contribution in [1.82, 2.24) is 0 Å². The van der Waals surface area contributed by atoms with Gasteiger partial charge in [-0.2, -0.15) is 8.42 Å². The van der Waals surface area contributed by atoms with E-state index in [0.29, 0.717) is 17.9 Å². The Balaban J connectivity index is 2.05. The lowest BCUT2D eigenvalue weighted by molar-refractivity contribution is 0.599. The molecule has 0 saturated heterocycles. The van der Waals surface area contributed by atoms with Crippen molar-refractivity contribution < 1.29 is 8.42 Å². The first-order valence-corrected chi connectivity index (χ1v) is 7.55. The molecule has 0 radical (unpaired) electrons. The van der Waals surface area contributed by atoms with E-state index in [4.69, 9.17) is 5.73 Å². The van der Waals surface area contributed by atoms with Crippen molar-refractivity contribution >= 4 is 21.5 Å².